The van der Waals surface area contributed by atoms with Crippen LogP contribution in [0.1, 0.15) is 20.7 Å². The highest BCUT2D eigenvalue weighted by atomic mass is 35.5. The SMILES string of the molecule is O=C(Nc1cc(S(=O)(=O)N(C(=O)c2ccc(F)cc2)c2cccc(Cl)c2)ccc1Cl)c1ccc(F)cc1. The summed E-state index contributed by atoms with van der Waals surface area (Å²) >= 11 is 12.2. The molecule has 0 aliphatic rings. The average Bonchev–Trinajstić information content (AvgIpc) is 2.86. The standard InChI is InChI=1S/C26H16Cl2F2N2O4S/c27-18-2-1-3-21(14-18)32(26(34)17-6-10-20(30)11-7-17)37(35,36)22-12-13-23(28)24(15-22)31-25(33)16-4-8-19(29)9-5-16/h1-15H,(H,31,33). The van der Waals surface area contributed by atoms with Gasteiger partial charge in [-0.05, 0) is 84.9 Å². The fourth-order valence-corrected chi connectivity index (χ4v) is 5.12. The Balaban J connectivity index is 1.76. The van der Waals surface area contributed by atoms with Gasteiger partial charge in [-0.15, -0.1) is 0 Å². The predicted octanol–water partition coefficient (Wildman–Crippen LogP) is 6.56. The minimum atomic E-state index is -4.60. The number of hydrogen-bond donors (Lipinski definition) is 1. The molecule has 0 heterocycles. The lowest BCUT2D eigenvalue weighted by molar-refractivity contribution is 0.100. The van der Waals surface area contributed by atoms with E-state index < -0.39 is 33.5 Å². The number of carbonyl (C=O) groups is 2. The third kappa shape index (κ3) is 5.80. The molecule has 11 heteroatoms. The maximum absolute atomic E-state index is 13.8. The molecule has 1 N–H and O–H groups in total. The van der Waals surface area contributed by atoms with Crippen molar-refractivity contribution in [3.05, 3.63) is 124 Å². The van der Waals surface area contributed by atoms with Gasteiger partial charge in [0, 0.05) is 16.1 Å². The summed E-state index contributed by atoms with van der Waals surface area (Å²) in [6.45, 7) is 0. The topological polar surface area (TPSA) is 83.6 Å². The molecule has 37 heavy (non-hydrogen) atoms. The molecule has 2 amide bonds. The maximum Gasteiger partial charge on any atom is 0.272 e. The summed E-state index contributed by atoms with van der Waals surface area (Å²) in [4.78, 5) is 25.6. The Labute approximate surface area is 221 Å². The van der Waals surface area contributed by atoms with E-state index in [1.807, 2.05) is 0 Å². The molecule has 6 nitrogen and oxygen atoms in total. The Hall–Kier alpha value is -3.79. The second-order valence-corrected chi connectivity index (χ2v) is 10.3. The number of hydrogen-bond acceptors (Lipinski definition) is 4. The number of anilines is 2. The van der Waals surface area contributed by atoms with Crippen LogP contribution in [-0.2, 0) is 10.0 Å². The van der Waals surface area contributed by atoms with Crippen LogP contribution in [0, 0.1) is 11.6 Å². The number of nitrogens with zero attached hydrogens (tertiary/aromatic N) is 1. The highest BCUT2D eigenvalue weighted by Crippen LogP contribution is 2.32. The first kappa shape index (κ1) is 26.3. The van der Waals surface area contributed by atoms with Crippen molar-refractivity contribution in [2.24, 2.45) is 0 Å². The van der Waals surface area contributed by atoms with Gasteiger partial charge in [-0.3, -0.25) is 9.59 Å². The van der Waals surface area contributed by atoms with Gasteiger partial charge in [0.05, 0.1) is 21.3 Å². The molecule has 0 atom stereocenters. The van der Waals surface area contributed by atoms with Gasteiger partial charge < -0.3 is 5.32 Å². The van der Waals surface area contributed by atoms with Crippen molar-refractivity contribution in [3.8, 4) is 0 Å². The quantitative estimate of drug-likeness (QED) is 0.289. The van der Waals surface area contributed by atoms with Crippen LogP contribution in [0.2, 0.25) is 10.0 Å². The molecule has 0 bridgehead atoms. The lowest BCUT2D eigenvalue weighted by Crippen LogP contribution is -2.37. The van der Waals surface area contributed by atoms with E-state index in [0.717, 1.165) is 42.5 Å². The van der Waals surface area contributed by atoms with E-state index in [4.69, 9.17) is 23.2 Å². The summed E-state index contributed by atoms with van der Waals surface area (Å²) in [5.41, 5.74) is -0.104. The molecule has 188 valence electrons. The normalized spacial score (nSPS) is 11.1. The van der Waals surface area contributed by atoms with E-state index in [2.05, 4.69) is 5.32 Å². The van der Waals surface area contributed by atoms with Crippen molar-refractivity contribution in [3.63, 3.8) is 0 Å². The number of rotatable bonds is 6. The Bertz CT molecular complexity index is 1600. The number of sulfonamides is 1. The van der Waals surface area contributed by atoms with Gasteiger partial charge in [-0.1, -0.05) is 29.3 Å². The summed E-state index contributed by atoms with van der Waals surface area (Å²) in [6.07, 6.45) is 0. The molecule has 0 aliphatic carbocycles. The first-order valence-corrected chi connectivity index (χ1v) is 12.7. The first-order chi connectivity index (χ1) is 17.6. The van der Waals surface area contributed by atoms with Gasteiger partial charge >= 0.3 is 0 Å². The molecule has 0 radical (unpaired) electrons. The fraction of sp³-hybridized carbons (Fsp3) is 0. The highest BCUT2D eigenvalue weighted by Gasteiger charge is 2.32. The first-order valence-electron chi connectivity index (χ1n) is 10.5. The van der Waals surface area contributed by atoms with Crippen LogP contribution in [0.15, 0.2) is 95.9 Å². The Morgan fingerprint density at radius 2 is 1.35 bits per heavy atom. The van der Waals surface area contributed by atoms with Crippen molar-refractivity contribution < 1.29 is 26.8 Å². The van der Waals surface area contributed by atoms with E-state index in [1.165, 1.54) is 48.5 Å². The summed E-state index contributed by atoms with van der Waals surface area (Å²) < 4.78 is 54.7. The number of nitrogens with one attached hydrogen (secondary N) is 1. The molecular formula is C26H16Cl2F2N2O4S. The molecule has 0 spiro atoms. The summed E-state index contributed by atoms with van der Waals surface area (Å²) in [7, 11) is -4.60. The van der Waals surface area contributed by atoms with Crippen molar-refractivity contribution in [2.45, 2.75) is 4.90 Å². The molecule has 0 aromatic heterocycles. The monoisotopic (exact) mass is 560 g/mol. The molecule has 0 saturated heterocycles. The zero-order valence-electron chi connectivity index (χ0n) is 18.7. The van der Waals surface area contributed by atoms with Crippen molar-refractivity contribution >= 4 is 56.4 Å². The molecule has 0 unspecified atom stereocenters. The summed E-state index contributed by atoms with van der Waals surface area (Å²) in [6, 6.07) is 18.2. The van der Waals surface area contributed by atoms with Crippen LogP contribution < -0.4 is 9.62 Å². The van der Waals surface area contributed by atoms with Gasteiger partial charge in [0.25, 0.3) is 21.8 Å². The predicted molar refractivity (Wildman–Crippen MR) is 138 cm³/mol. The lowest BCUT2D eigenvalue weighted by Gasteiger charge is -2.23. The third-order valence-corrected chi connectivity index (χ3v) is 7.42. The lowest BCUT2D eigenvalue weighted by atomic mass is 10.2. The molecule has 0 fully saturated rings. The van der Waals surface area contributed by atoms with E-state index in [-0.39, 0.29) is 37.4 Å². The van der Waals surface area contributed by atoms with Crippen LogP contribution in [0.25, 0.3) is 0 Å². The van der Waals surface area contributed by atoms with Crippen LogP contribution >= 0.6 is 23.2 Å². The van der Waals surface area contributed by atoms with Crippen LogP contribution in [0.4, 0.5) is 20.2 Å². The van der Waals surface area contributed by atoms with Gasteiger partial charge in [0.1, 0.15) is 11.6 Å². The van der Waals surface area contributed by atoms with Crippen molar-refractivity contribution in [1.82, 2.24) is 0 Å². The zero-order valence-corrected chi connectivity index (χ0v) is 21.0. The number of benzene rings is 4. The number of amides is 2. The minimum Gasteiger partial charge on any atom is -0.321 e. The van der Waals surface area contributed by atoms with Crippen LogP contribution in [-0.4, -0.2) is 20.2 Å². The second kappa shape index (κ2) is 10.7. The van der Waals surface area contributed by atoms with Gasteiger partial charge in [-0.2, -0.15) is 4.31 Å². The highest BCUT2D eigenvalue weighted by molar-refractivity contribution is 7.93. The van der Waals surface area contributed by atoms with Crippen molar-refractivity contribution in [1.29, 1.82) is 0 Å². The third-order valence-electron chi connectivity index (χ3n) is 5.15. The minimum absolute atomic E-state index is 0.0218. The molecule has 4 rings (SSSR count). The smallest absolute Gasteiger partial charge is 0.272 e. The van der Waals surface area contributed by atoms with E-state index in [1.54, 1.807) is 0 Å². The number of carbonyl (C=O) groups excluding carboxylic acids is 2. The maximum atomic E-state index is 13.8. The molecule has 4 aromatic rings. The van der Waals surface area contributed by atoms with Gasteiger partial charge in [0.2, 0.25) is 0 Å². The molecule has 4 aromatic carbocycles. The molecule has 0 saturated carbocycles. The van der Waals surface area contributed by atoms with Crippen molar-refractivity contribution in [2.75, 3.05) is 9.62 Å². The Morgan fingerprint density at radius 1 is 0.757 bits per heavy atom. The second-order valence-electron chi connectivity index (χ2n) is 7.66. The van der Waals surface area contributed by atoms with Gasteiger partial charge in [-0.25, -0.2) is 17.2 Å². The average molecular weight is 561 g/mol. The molecule has 0 aliphatic heterocycles. The molecular weight excluding hydrogens is 545 g/mol. The summed E-state index contributed by atoms with van der Waals surface area (Å²) in [5.74, 6) is -2.76. The van der Waals surface area contributed by atoms with E-state index in [0.29, 0.717) is 4.31 Å². The zero-order chi connectivity index (χ0) is 26.7. The fourth-order valence-electron chi connectivity index (χ4n) is 3.34. The van der Waals surface area contributed by atoms with E-state index >= 15 is 0 Å². The Morgan fingerprint density at radius 3 is 1.95 bits per heavy atom. The van der Waals surface area contributed by atoms with E-state index in [9.17, 15) is 26.8 Å². The number of halogens is 4. The summed E-state index contributed by atoms with van der Waals surface area (Å²) in [5, 5.41) is 2.69. The Kier molecular flexibility index (Phi) is 7.58. The van der Waals surface area contributed by atoms with Gasteiger partial charge in [0.15, 0.2) is 0 Å². The largest absolute Gasteiger partial charge is 0.321 e. The van der Waals surface area contributed by atoms with Crippen LogP contribution in [0.3, 0.4) is 0 Å². The van der Waals surface area contributed by atoms with Crippen LogP contribution in [0.5, 0.6) is 0 Å².